The largest absolute Gasteiger partial charge is 0.337 e. The summed E-state index contributed by atoms with van der Waals surface area (Å²) in [7, 11) is 1.93. The van der Waals surface area contributed by atoms with Crippen molar-refractivity contribution in [3.63, 3.8) is 0 Å². The van der Waals surface area contributed by atoms with Crippen LogP contribution in [0.2, 0.25) is 0 Å². The van der Waals surface area contributed by atoms with E-state index >= 15 is 0 Å². The molecular weight excluding hydrogens is 286 g/mol. The van der Waals surface area contributed by atoms with Gasteiger partial charge in [0, 0.05) is 25.0 Å². The summed E-state index contributed by atoms with van der Waals surface area (Å²) in [4.78, 5) is 12.2. The molecule has 0 saturated carbocycles. The Balaban J connectivity index is 1.72. The van der Waals surface area contributed by atoms with Crippen molar-refractivity contribution >= 4 is 0 Å². The van der Waals surface area contributed by atoms with E-state index < -0.39 is 0 Å². The molecule has 3 aromatic heterocycles. The molecule has 23 heavy (non-hydrogen) atoms. The highest BCUT2D eigenvalue weighted by Gasteiger charge is 2.09. The van der Waals surface area contributed by atoms with Crippen LogP contribution in [0.4, 0.5) is 0 Å². The molecule has 1 aromatic carbocycles. The Kier molecular flexibility index (Phi) is 3.24. The molecule has 0 bridgehead atoms. The van der Waals surface area contributed by atoms with Crippen molar-refractivity contribution in [2.45, 2.75) is 0 Å². The zero-order valence-electron chi connectivity index (χ0n) is 12.6. The lowest BCUT2D eigenvalue weighted by molar-refractivity contribution is 0.776. The minimum atomic E-state index is 0.757. The third-order valence-electron chi connectivity index (χ3n) is 3.78. The van der Waals surface area contributed by atoms with E-state index in [0.717, 1.165) is 34.0 Å². The molecule has 0 radical (unpaired) electrons. The van der Waals surface area contributed by atoms with Gasteiger partial charge < -0.3 is 4.98 Å². The second kappa shape index (κ2) is 5.53. The van der Waals surface area contributed by atoms with Crippen molar-refractivity contribution in [2.75, 3.05) is 0 Å². The number of imidazole rings is 1. The summed E-state index contributed by atoms with van der Waals surface area (Å²) < 4.78 is 1.84. The number of hydrogen-bond donors (Lipinski definition) is 1. The number of benzene rings is 1. The Labute approximate surface area is 133 Å². The van der Waals surface area contributed by atoms with Gasteiger partial charge in [-0.1, -0.05) is 30.3 Å². The van der Waals surface area contributed by atoms with Crippen molar-refractivity contribution in [3.8, 4) is 34.0 Å². The monoisotopic (exact) mass is 301 g/mol. The molecule has 0 saturated heterocycles. The van der Waals surface area contributed by atoms with Gasteiger partial charge in [0.2, 0.25) is 0 Å². The summed E-state index contributed by atoms with van der Waals surface area (Å²) in [6.07, 6.45) is 5.42. The first-order valence-corrected chi connectivity index (χ1v) is 7.36. The zero-order chi connectivity index (χ0) is 15.6. The van der Waals surface area contributed by atoms with Gasteiger partial charge in [-0.3, -0.25) is 9.67 Å². The molecule has 1 N–H and O–H groups in total. The minimum Gasteiger partial charge on any atom is -0.337 e. The third kappa shape index (κ3) is 2.53. The van der Waals surface area contributed by atoms with Crippen molar-refractivity contribution in [1.82, 2.24) is 24.7 Å². The summed E-state index contributed by atoms with van der Waals surface area (Å²) in [5.74, 6) is 0.757. The lowest BCUT2D eigenvalue weighted by Gasteiger charge is -2.03. The standard InChI is InChI=1S/C18H15N5/c1-23-17(8-10-21-23)14-7-9-19-15(11-14)18-20-12-16(22-18)13-5-3-2-4-6-13/h2-12H,1H3,(H,20,22). The molecule has 0 spiro atoms. The number of aryl methyl sites for hydroxylation is 1. The Morgan fingerprint density at radius 3 is 2.57 bits per heavy atom. The number of pyridine rings is 1. The van der Waals surface area contributed by atoms with Crippen LogP contribution in [0, 0.1) is 0 Å². The van der Waals surface area contributed by atoms with Crippen LogP contribution in [0.3, 0.4) is 0 Å². The van der Waals surface area contributed by atoms with Crippen molar-refractivity contribution in [3.05, 3.63) is 67.1 Å². The van der Waals surface area contributed by atoms with Gasteiger partial charge in [-0.25, -0.2) is 4.98 Å². The molecule has 0 aliphatic heterocycles. The maximum absolute atomic E-state index is 4.47. The summed E-state index contributed by atoms with van der Waals surface area (Å²) in [6, 6.07) is 16.1. The highest BCUT2D eigenvalue weighted by Crippen LogP contribution is 2.24. The van der Waals surface area contributed by atoms with Crippen LogP contribution in [0.1, 0.15) is 0 Å². The summed E-state index contributed by atoms with van der Waals surface area (Å²) in [5.41, 5.74) is 5.00. The number of nitrogens with one attached hydrogen (secondary N) is 1. The van der Waals surface area contributed by atoms with Crippen LogP contribution in [-0.2, 0) is 7.05 Å². The Morgan fingerprint density at radius 2 is 1.78 bits per heavy atom. The SMILES string of the molecule is Cn1nccc1-c1ccnc(-c2ncc(-c3ccccc3)[nH]2)c1. The first kappa shape index (κ1) is 13.5. The van der Waals surface area contributed by atoms with Gasteiger partial charge >= 0.3 is 0 Å². The molecule has 5 heteroatoms. The second-order valence-electron chi connectivity index (χ2n) is 5.28. The average Bonchev–Trinajstić information content (AvgIpc) is 3.25. The number of H-pyrrole nitrogens is 1. The topological polar surface area (TPSA) is 59.4 Å². The molecule has 0 aliphatic rings. The second-order valence-corrected chi connectivity index (χ2v) is 5.28. The first-order valence-electron chi connectivity index (χ1n) is 7.36. The van der Waals surface area contributed by atoms with E-state index in [9.17, 15) is 0 Å². The maximum atomic E-state index is 4.47. The van der Waals surface area contributed by atoms with Crippen molar-refractivity contribution < 1.29 is 0 Å². The van der Waals surface area contributed by atoms with E-state index in [1.165, 1.54) is 0 Å². The van der Waals surface area contributed by atoms with Crippen LogP contribution >= 0.6 is 0 Å². The van der Waals surface area contributed by atoms with Gasteiger partial charge in [0.05, 0.1) is 17.6 Å². The molecule has 0 fully saturated rings. The van der Waals surface area contributed by atoms with E-state index in [-0.39, 0.29) is 0 Å². The van der Waals surface area contributed by atoms with E-state index in [4.69, 9.17) is 0 Å². The van der Waals surface area contributed by atoms with Crippen LogP contribution < -0.4 is 0 Å². The number of nitrogens with zero attached hydrogens (tertiary/aromatic N) is 4. The van der Waals surface area contributed by atoms with Crippen molar-refractivity contribution in [1.29, 1.82) is 0 Å². The predicted octanol–water partition coefficient (Wildman–Crippen LogP) is 3.54. The fraction of sp³-hybridized carbons (Fsp3) is 0.0556. The molecule has 0 amide bonds. The third-order valence-corrected chi connectivity index (χ3v) is 3.78. The fourth-order valence-corrected chi connectivity index (χ4v) is 2.59. The number of rotatable bonds is 3. The Bertz CT molecular complexity index is 937. The molecule has 0 atom stereocenters. The van der Waals surface area contributed by atoms with E-state index in [0.29, 0.717) is 0 Å². The Hall–Kier alpha value is -3.21. The number of aromatic amines is 1. The van der Waals surface area contributed by atoms with Crippen LogP contribution in [0.5, 0.6) is 0 Å². The first-order chi connectivity index (χ1) is 11.3. The van der Waals surface area contributed by atoms with Crippen LogP contribution in [0.15, 0.2) is 67.1 Å². The molecule has 0 aliphatic carbocycles. The number of aromatic nitrogens is 5. The van der Waals surface area contributed by atoms with Gasteiger partial charge in [0.25, 0.3) is 0 Å². The number of hydrogen-bond acceptors (Lipinski definition) is 3. The molecule has 3 heterocycles. The molecule has 4 aromatic rings. The van der Waals surface area contributed by atoms with Crippen molar-refractivity contribution in [2.24, 2.45) is 7.05 Å². The fourth-order valence-electron chi connectivity index (χ4n) is 2.59. The zero-order valence-corrected chi connectivity index (χ0v) is 12.6. The predicted molar refractivity (Wildman–Crippen MR) is 89.5 cm³/mol. The molecule has 112 valence electrons. The Morgan fingerprint density at radius 1 is 0.913 bits per heavy atom. The summed E-state index contributed by atoms with van der Waals surface area (Å²) in [5, 5.41) is 4.21. The summed E-state index contributed by atoms with van der Waals surface area (Å²) >= 11 is 0. The highest BCUT2D eigenvalue weighted by atomic mass is 15.3. The molecule has 0 unspecified atom stereocenters. The minimum absolute atomic E-state index is 0.757. The van der Waals surface area contributed by atoms with E-state index in [1.54, 1.807) is 12.4 Å². The molecule has 5 nitrogen and oxygen atoms in total. The normalized spacial score (nSPS) is 10.8. The highest BCUT2D eigenvalue weighted by molar-refractivity contribution is 5.67. The lowest BCUT2D eigenvalue weighted by Crippen LogP contribution is -1.94. The van der Waals surface area contributed by atoms with Gasteiger partial charge in [0.15, 0.2) is 5.82 Å². The van der Waals surface area contributed by atoms with Gasteiger partial charge in [-0.05, 0) is 23.8 Å². The van der Waals surface area contributed by atoms with Crippen LogP contribution in [0.25, 0.3) is 34.0 Å². The maximum Gasteiger partial charge on any atom is 0.156 e. The summed E-state index contributed by atoms with van der Waals surface area (Å²) in [6.45, 7) is 0. The quantitative estimate of drug-likeness (QED) is 0.629. The molecular formula is C18H15N5. The molecule has 4 rings (SSSR count). The van der Waals surface area contributed by atoms with E-state index in [1.807, 2.05) is 54.3 Å². The smallest absolute Gasteiger partial charge is 0.156 e. The van der Waals surface area contributed by atoms with Crippen LogP contribution in [-0.4, -0.2) is 24.7 Å². The lowest BCUT2D eigenvalue weighted by atomic mass is 10.1. The average molecular weight is 301 g/mol. The van der Waals surface area contributed by atoms with E-state index in [2.05, 4.69) is 32.2 Å². The van der Waals surface area contributed by atoms with Gasteiger partial charge in [0.1, 0.15) is 5.69 Å². The van der Waals surface area contributed by atoms with Gasteiger partial charge in [-0.2, -0.15) is 5.10 Å². The van der Waals surface area contributed by atoms with Gasteiger partial charge in [-0.15, -0.1) is 0 Å².